The normalized spacial score (nSPS) is 13.2. The first-order valence-corrected chi connectivity index (χ1v) is 29.1. The lowest BCUT2D eigenvalue weighted by Crippen LogP contribution is -2.46. The van der Waals surface area contributed by atoms with Crippen molar-refractivity contribution in [2.24, 2.45) is 0 Å². The van der Waals surface area contributed by atoms with Crippen LogP contribution in [0.25, 0.3) is 0 Å². The molecule has 0 aliphatic carbocycles. The largest absolute Gasteiger partial charge is 0.462 e. The number of aliphatic hydroxyl groups is 2. The van der Waals surface area contributed by atoms with Gasteiger partial charge in [0.15, 0.2) is 0 Å². The highest BCUT2D eigenvalue weighted by atomic mass is 16.5. The van der Waals surface area contributed by atoms with Gasteiger partial charge in [0.2, 0.25) is 5.91 Å². The molecule has 0 fully saturated rings. The average molecular weight is 917 g/mol. The molecule has 0 saturated carbocycles. The SMILES string of the molecule is CCCCC/C=C\C/C=C\CCCCCCCCCCCC(=O)OC(CCCCCCCCCCCCCCCCCCC)CC(=O)NC(CO)C(O)CCCCCCCCCCCC. The fourth-order valence-electron chi connectivity index (χ4n) is 9.11. The van der Waals surface area contributed by atoms with Gasteiger partial charge in [0.05, 0.1) is 25.2 Å². The molecule has 6 heteroatoms. The van der Waals surface area contributed by atoms with Crippen molar-refractivity contribution in [2.45, 2.75) is 334 Å². The highest BCUT2D eigenvalue weighted by Crippen LogP contribution is 2.19. The van der Waals surface area contributed by atoms with Gasteiger partial charge in [0.1, 0.15) is 6.10 Å². The highest BCUT2D eigenvalue weighted by Gasteiger charge is 2.24. The summed E-state index contributed by atoms with van der Waals surface area (Å²) in [7, 11) is 0. The van der Waals surface area contributed by atoms with Crippen LogP contribution in [0.5, 0.6) is 0 Å². The van der Waals surface area contributed by atoms with Crippen LogP contribution in [0, 0.1) is 0 Å². The number of unbranched alkanes of at least 4 members (excludes halogenated alkanes) is 37. The summed E-state index contributed by atoms with van der Waals surface area (Å²) in [5.74, 6) is -0.458. The number of carbonyl (C=O) groups is 2. The Morgan fingerprint density at radius 3 is 1.20 bits per heavy atom. The maximum Gasteiger partial charge on any atom is 0.306 e. The summed E-state index contributed by atoms with van der Waals surface area (Å²) in [4.78, 5) is 26.3. The molecule has 0 radical (unpaired) electrons. The van der Waals surface area contributed by atoms with Crippen LogP contribution >= 0.6 is 0 Å². The number of carbonyl (C=O) groups excluding carboxylic acids is 2. The molecular formula is C59H113NO5. The summed E-state index contributed by atoms with van der Waals surface area (Å²) < 4.78 is 5.97. The Bertz CT molecular complexity index is 1030. The van der Waals surface area contributed by atoms with Crippen molar-refractivity contribution in [3.05, 3.63) is 24.3 Å². The van der Waals surface area contributed by atoms with Gasteiger partial charge < -0.3 is 20.3 Å². The molecule has 384 valence electrons. The Morgan fingerprint density at radius 2 is 0.785 bits per heavy atom. The molecule has 0 aromatic rings. The number of ether oxygens (including phenoxy) is 1. The van der Waals surface area contributed by atoms with E-state index >= 15 is 0 Å². The van der Waals surface area contributed by atoms with Crippen molar-refractivity contribution in [3.8, 4) is 0 Å². The fraction of sp³-hybridized carbons (Fsp3) is 0.898. The average Bonchev–Trinajstić information content (AvgIpc) is 3.30. The van der Waals surface area contributed by atoms with Gasteiger partial charge in [-0.1, -0.05) is 270 Å². The van der Waals surface area contributed by atoms with Gasteiger partial charge >= 0.3 is 5.97 Å². The molecule has 3 N–H and O–H groups in total. The topological polar surface area (TPSA) is 95.9 Å². The molecule has 0 bridgehead atoms. The molecule has 1 amide bonds. The summed E-state index contributed by atoms with van der Waals surface area (Å²) >= 11 is 0. The minimum absolute atomic E-state index is 0.0822. The molecule has 6 nitrogen and oxygen atoms in total. The highest BCUT2D eigenvalue weighted by molar-refractivity contribution is 5.77. The van der Waals surface area contributed by atoms with Crippen LogP contribution in [0.1, 0.15) is 316 Å². The van der Waals surface area contributed by atoms with Crippen molar-refractivity contribution in [2.75, 3.05) is 6.61 Å². The van der Waals surface area contributed by atoms with E-state index in [0.717, 1.165) is 51.4 Å². The van der Waals surface area contributed by atoms with Crippen LogP contribution in [0.15, 0.2) is 24.3 Å². The Labute approximate surface area is 405 Å². The molecule has 0 aromatic carbocycles. The second-order valence-electron chi connectivity index (χ2n) is 20.1. The number of allylic oxidation sites excluding steroid dienone is 4. The Morgan fingerprint density at radius 1 is 0.446 bits per heavy atom. The number of hydrogen-bond acceptors (Lipinski definition) is 5. The molecule has 0 aliphatic rings. The molecule has 0 aliphatic heterocycles. The lowest BCUT2D eigenvalue weighted by atomic mass is 10.0. The monoisotopic (exact) mass is 916 g/mol. The van der Waals surface area contributed by atoms with Gasteiger partial charge in [0, 0.05) is 6.42 Å². The summed E-state index contributed by atoms with van der Waals surface area (Å²) in [6.45, 7) is 6.49. The van der Waals surface area contributed by atoms with Gasteiger partial charge in [0.25, 0.3) is 0 Å². The standard InChI is InChI=1S/C59H113NO5/c1-4-7-10-13-16-19-22-24-26-28-29-31-33-35-37-40-43-46-49-52-59(64)65-55(50-47-44-41-38-36-34-32-30-27-25-23-20-17-14-11-8-5-2)53-58(63)60-56(54-61)57(62)51-48-45-42-39-21-18-15-12-9-6-3/h16,19,24,26,55-57,61-62H,4-15,17-18,20-23,25,27-54H2,1-3H3,(H,60,63)/b19-16-,26-24-. The van der Waals surface area contributed by atoms with Crippen LogP contribution < -0.4 is 5.32 Å². The fourth-order valence-corrected chi connectivity index (χ4v) is 9.11. The van der Waals surface area contributed by atoms with Crippen LogP contribution in [-0.4, -0.2) is 46.9 Å². The molecule has 0 heterocycles. The van der Waals surface area contributed by atoms with Crippen molar-refractivity contribution in [1.29, 1.82) is 0 Å². The Balaban J connectivity index is 4.49. The quantitative estimate of drug-likeness (QED) is 0.0321. The van der Waals surface area contributed by atoms with Crippen LogP contribution in [0.3, 0.4) is 0 Å². The third-order valence-electron chi connectivity index (χ3n) is 13.5. The molecule has 3 atom stereocenters. The molecule has 65 heavy (non-hydrogen) atoms. The predicted octanol–water partition coefficient (Wildman–Crippen LogP) is 17.9. The Kier molecular flexibility index (Phi) is 51.9. The van der Waals surface area contributed by atoms with Gasteiger partial charge in [-0.05, 0) is 57.8 Å². The maximum absolute atomic E-state index is 13.2. The zero-order valence-corrected chi connectivity index (χ0v) is 43.9. The molecule has 0 saturated heterocycles. The maximum atomic E-state index is 13.2. The van der Waals surface area contributed by atoms with E-state index in [4.69, 9.17) is 4.74 Å². The second kappa shape index (κ2) is 53.3. The molecule has 3 unspecified atom stereocenters. The molecule has 0 aromatic heterocycles. The second-order valence-corrected chi connectivity index (χ2v) is 20.1. The molecule has 0 spiro atoms. The number of nitrogens with one attached hydrogen (secondary N) is 1. The predicted molar refractivity (Wildman–Crippen MR) is 283 cm³/mol. The zero-order chi connectivity index (χ0) is 47.4. The van der Waals surface area contributed by atoms with E-state index in [2.05, 4.69) is 50.4 Å². The number of esters is 1. The number of aliphatic hydroxyl groups excluding tert-OH is 2. The van der Waals surface area contributed by atoms with Gasteiger partial charge in [-0.2, -0.15) is 0 Å². The summed E-state index contributed by atoms with van der Waals surface area (Å²) in [5.41, 5.74) is 0. The van der Waals surface area contributed by atoms with Gasteiger partial charge in [-0.15, -0.1) is 0 Å². The first-order valence-electron chi connectivity index (χ1n) is 29.1. The van der Waals surface area contributed by atoms with Crippen LogP contribution in [0.4, 0.5) is 0 Å². The van der Waals surface area contributed by atoms with E-state index < -0.39 is 18.2 Å². The smallest absolute Gasteiger partial charge is 0.306 e. The lowest BCUT2D eigenvalue weighted by molar-refractivity contribution is -0.151. The summed E-state index contributed by atoms with van der Waals surface area (Å²) in [6.07, 6.45) is 62.5. The van der Waals surface area contributed by atoms with Gasteiger partial charge in [-0.25, -0.2) is 0 Å². The van der Waals surface area contributed by atoms with E-state index in [9.17, 15) is 19.8 Å². The molecule has 0 rings (SSSR count). The lowest BCUT2D eigenvalue weighted by Gasteiger charge is -2.24. The zero-order valence-electron chi connectivity index (χ0n) is 43.9. The van der Waals surface area contributed by atoms with Crippen molar-refractivity contribution in [1.82, 2.24) is 5.32 Å². The van der Waals surface area contributed by atoms with E-state index in [1.165, 1.54) is 218 Å². The van der Waals surface area contributed by atoms with E-state index in [0.29, 0.717) is 19.3 Å². The minimum atomic E-state index is -0.783. The first kappa shape index (κ1) is 63.3. The van der Waals surface area contributed by atoms with Crippen LogP contribution in [0.2, 0.25) is 0 Å². The van der Waals surface area contributed by atoms with E-state index in [1.807, 2.05) is 0 Å². The van der Waals surface area contributed by atoms with Crippen LogP contribution in [-0.2, 0) is 14.3 Å². The number of rotatable bonds is 53. The molecular weight excluding hydrogens is 803 g/mol. The van der Waals surface area contributed by atoms with Crippen molar-refractivity contribution >= 4 is 11.9 Å². The van der Waals surface area contributed by atoms with E-state index in [-0.39, 0.29) is 24.9 Å². The van der Waals surface area contributed by atoms with Crippen molar-refractivity contribution in [3.63, 3.8) is 0 Å². The van der Waals surface area contributed by atoms with Crippen molar-refractivity contribution < 1.29 is 24.5 Å². The minimum Gasteiger partial charge on any atom is -0.462 e. The third kappa shape index (κ3) is 48.6. The van der Waals surface area contributed by atoms with Gasteiger partial charge in [-0.3, -0.25) is 9.59 Å². The summed E-state index contributed by atoms with van der Waals surface area (Å²) in [5, 5.41) is 23.8. The summed E-state index contributed by atoms with van der Waals surface area (Å²) in [6, 6.07) is -0.697. The first-order chi connectivity index (χ1) is 32.0. The number of amides is 1. The third-order valence-corrected chi connectivity index (χ3v) is 13.5. The Hall–Kier alpha value is -1.66. The van der Waals surface area contributed by atoms with E-state index in [1.54, 1.807) is 0 Å². The number of hydrogen-bond donors (Lipinski definition) is 3.